The van der Waals surface area contributed by atoms with E-state index in [0.717, 1.165) is 6.07 Å². The van der Waals surface area contributed by atoms with Crippen LogP contribution in [-0.4, -0.2) is 16.0 Å². The average Bonchev–Trinajstić information content (AvgIpc) is 2.41. The van der Waals surface area contributed by atoms with E-state index in [1.165, 1.54) is 30.3 Å². The van der Waals surface area contributed by atoms with Gasteiger partial charge in [0.25, 0.3) is 5.69 Å². The second kappa shape index (κ2) is 6.04. The van der Waals surface area contributed by atoms with Crippen molar-refractivity contribution in [3.8, 4) is 0 Å². The number of hydrogen-bond donors (Lipinski definition) is 2. The number of aromatic carboxylic acids is 1. The summed E-state index contributed by atoms with van der Waals surface area (Å²) in [4.78, 5) is 21.2. The van der Waals surface area contributed by atoms with E-state index >= 15 is 0 Å². The highest BCUT2D eigenvalue weighted by atomic mass is 127. The Morgan fingerprint density at radius 3 is 2.48 bits per heavy atom. The highest BCUT2D eigenvalue weighted by Gasteiger charge is 2.16. The Balaban J connectivity index is 2.44. The van der Waals surface area contributed by atoms with Crippen molar-refractivity contribution in [2.45, 2.75) is 0 Å². The quantitative estimate of drug-likeness (QED) is 0.462. The fraction of sp³-hybridized carbons (Fsp3) is 0. The number of carboxylic acid groups (broad SMARTS) is 1. The summed E-state index contributed by atoms with van der Waals surface area (Å²) in [6, 6.07) is 7.46. The number of rotatable bonds is 4. The van der Waals surface area contributed by atoms with E-state index in [2.05, 4.69) is 5.32 Å². The Bertz CT molecular complexity index is 736. The first kappa shape index (κ1) is 15.2. The van der Waals surface area contributed by atoms with Crippen molar-refractivity contribution in [1.82, 2.24) is 0 Å². The van der Waals surface area contributed by atoms with Crippen LogP contribution < -0.4 is 5.32 Å². The molecule has 0 unspecified atom stereocenters. The van der Waals surface area contributed by atoms with E-state index in [-0.39, 0.29) is 16.9 Å². The van der Waals surface area contributed by atoms with E-state index in [4.69, 9.17) is 5.11 Å². The zero-order chi connectivity index (χ0) is 15.6. The maximum atomic E-state index is 13.0. The first-order valence-corrected chi connectivity index (χ1v) is 6.70. The maximum absolute atomic E-state index is 13.0. The second-order valence-corrected chi connectivity index (χ2v) is 5.20. The van der Waals surface area contributed by atoms with Crippen molar-refractivity contribution in [2.75, 3.05) is 5.32 Å². The Morgan fingerprint density at radius 2 is 1.90 bits per heavy atom. The molecule has 2 aromatic carbocycles. The lowest BCUT2D eigenvalue weighted by Crippen LogP contribution is -2.04. The van der Waals surface area contributed by atoms with Crippen molar-refractivity contribution in [2.24, 2.45) is 0 Å². The molecular weight excluding hydrogens is 394 g/mol. The molecule has 2 aromatic rings. The minimum absolute atomic E-state index is 0.192. The zero-order valence-corrected chi connectivity index (χ0v) is 12.5. The lowest BCUT2D eigenvalue weighted by molar-refractivity contribution is -0.384. The predicted octanol–water partition coefficient (Wildman–Crippen LogP) is 3.78. The van der Waals surface area contributed by atoms with Crippen LogP contribution in [-0.2, 0) is 0 Å². The molecule has 0 aliphatic carbocycles. The lowest BCUT2D eigenvalue weighted by atomic mass is 10.1. The van der Waals surface area contributed by atoms with Gasteiger partial charge < -0.3 is 10.4 Å². The van der Waals surface area contributed by atoms with E-state index in [1.54, 1.807) is 0 Å². The number of nitro groups is 1. The SMILES string of the molecule is O=C(O)c1cc([N+](=O)[O-])ccc1Nc1ccc(F)cc1I. The number of anilines is 2. The molecule has 0 amide bonds. The number of halogens is 2. The van der Waals surface area contributed by atoms with Crippen molar-refractivity contribution in [1.29, 1.82) is 0 Å². The van der Waals surface area contributed by atoms with Crippen LogP contribution in [0.5, 0.6) is 0 Å². The fourth-order valence-corrected chi connectivity index (χ4v) is 2.28. The van der Waals surface area contributed by atoms with Gasteiger partial charge in [0.05, 0.1) is 21.9 Å². The van der Waals surface area contributed by atoms with Crippen LogP contribution in [0.2, 0.25) is 0 Å². The number of hydrogen-bond acceptors (Lipinski definition) is 4. The minimum atomic E-state index is -1.29. The average molecular weight is 402 g/mol. The molecule has 0 radical (unpaired) electrons. The summed E-state index contributed by atoms with van der Waals surface area (Å²) in [5, 5.41) is 22.7. The summed E-state index contributed by atoms with van der Waals surface area (Å²) in [5.74, 6) is -1.70. The number of nitro benzene ring substituents is 1. The third-order valence-electron chi connectivity index (χ3n) is 2.64. The van der Waals surface area contributed by atoms with Crippen molar-refractivity contribution in [3.05, 3.63) is 61.5 Å². The molecule has 0 aliphatic heterocycles. The number of carboxylic acids is 1. The van der Waals surface area contributed by atoms with Crippen LogP contribution >= 0.6 is 22.6 Å². The normalized spacial score (nSPS) is 10.2. The third kappa shape index (κ3) is 3.45. The largest absolute Gasteiger partial charge is 0.478 e. The third-order valence-corrected chi connectivity index (χ3v) is 3.54. The van der Waals surface area contributed by atoms with Crippen LogP contribution in [0.4, 0.5) is 21.5 Å². The highest BCUT2D eigenvalue weighted by Crippen LogP contribution is 2.28. The topological polar surface area (TPSA) is 92.5 Å². The van der Waals surface area contributed by atoms with Gasteiger partial charge in [0.1, 0.15) is 5.82 Å². The van der Waals surface area contributed by atoms with E-state index in [0.29, 0.717) is 9.26 Å². The first-order valence-electron chi connectivity index (χ1n) is 5.62. The Morgan fingerprint density at radius 1 is 1.24 bits per heavy atom. The lowest BCUT2D eigenvalue weighted by Gasteiger charge is -2.11. The predicted molar refractivity (Wildman–Crippen MR) is 82.5 cm³/mol. The highest BCUT2D eigenvalue weighted by molar-refractivity contribution is 14.1. The van der Waals surface area contributed by atoms with Crippen molar-refractivity contribution < 1.29 is 19.2 Å². The molecule has 0 bridgehead atoms. The molecular formula is C13H8FIN2O4. The Hall–Kier alpha value is -2.23. The van der Waals surface area contributed by atoms with Gasteiger partial charge in [0.2, 0.25) is 0 Å². The smallest absolute Gasteiger partial charge is 0.338 e. The van der Waals surface area contributed by atoms with Crippen LogP contribution in [0.3, 0.4) is 0 Å². The van der Waals surface area contributed by atoms with E-state index in [9.17, 15) is 19.3 Å². The molecule has 0 fully saturated rings. The van der Waals surface area contributed by atoms with Crippen LogP contribution in [0.1, 0.15) is 10.4 Å². The standard InChI is InChI=1S/C13H8FIN2O4/c14-7-1-3-12(10(15)5-7)16-11-4-2-8(17(20)21)6-9(11)13(18)19/h1-6,16H,(H,18,19). The summed E-state index contributed by atoms with van der Waals surface area (Å²) in [6.07, 6.45) is 0. The number of carbonyl (C=O) groups is 1. The maximum Gasteiger partial charge on any atom is 0.338 e. The van der Waals surface area contributed by atoms with Gasteiger partial charge >= 0.3 is 5.97 Å². The molecule has 0 saturated carbocycles. The van der Waals surface area contributed by atoms with Gasteiger partial charge in [-0.1, -0.05) is 0 Å². The van der Waals surface area contributed by atoms with Crippen LogP contribution in [0.15, 0.2) is 36.4 Å². The zero-order valence-electron chi connectivity index (χ0n) is 10.3. The second-order valence-electron chi connectivity index (χ2n) is 4.04. The minimum Gasteiger partial charge on any atom is -0.478 e. The van der Waals surface area contributed by atoms with Crippen LogP contribution in [0.25, 0.3) is 0 Å². The van der Waals surface area contributed by atoms with Crippen molar-refractivity contribution in [3.63, 3.8) is 0 Å². The van der Waals surface area contributed by atoms with Crippen LogP contribution in [0, 0.1) is 19.5 Å². The van der Waals surface area contributed by atoms with Gasteiger partial charge in [-0.15, -0.1) is 0 Å². The molecule has 6 nitrogen and oxygen atoms in total. The molecule has 0 atom stereocenters. The van der Waals surface area contributed by atoms with Gasteiger partial charge in [-0.3, -0.25) is 10.1 Å². The van der Waals surface area contributed by atoms with E-state index in [1.807, 2.05) is 22.6 Å². The van der Waals surface area contributed by atoms with Gasteiger partial charge in [-0.2, -0.15) is 0 Å². The van der Waals surface area contributed by atoms with Gasteiger partial charge in [-0.05, 0) is 46.9 Å². The van der Waals surface area contributed by atoms with Crippen molar-refractivity contribution >= 4 is 45.6 Å². The molecule has 2 N–H and O–H groups in total. The summed E-state index contributed by atoms with van der Waals surface area (Å²) in [5.41, 5.74) is 0.155. The molecule has 2 rings (SSSR count). The molecule has 0 spiro atoms. The van der Waals surface area contributed by atoms with Gasteiger partial charge in [0.15, 0.2) is 0 Å². The number of benzene rings is 2. The molecule has 108 valence electrons. The van der Waals surface area contributed by atoms with Gasteiger partial charge in [-0.25, -0.2) is 9.18 Å². The molecule has 0 aromatic heterocycles. The summed E-state index contributed by atoms with van der Waals surface area (Å²) >= 11 is 1.90. The summed E-state index contributed by atoms with van der Waals surface area (Å²) in [7, 11) is 0. The summed E-state index contributed by atoms with van der Waals surface area (Å²) < 4.78 is 13.6. The molecule has 0 aliphatic rings. The Kier molecular flexibility index (Phi) is 4.36. The van der Waals surface area contributed by atoms with Gasteiger partial charge in [0, 0.05) is 15.7 Å². The molecule has 21 heavy (non-hydrogen) atoms. The summed E-state index contributed by atoms with van der Waals surface area (Å²) in [6.45, 7) is 0. The fourth-order valence-electron chi connectivity index (χ4n) is 1.67. The molecule has 8 heteroatoms. The first-order chi connectivity index (χ1) is 9.88. The van der Waals surface area contributed by atoms with E-state index < -0.39 is 16.7 Å². The number of nitrogens with one attached hydrogen (secondary N) is 1. The Labute approximate surface area is 131 Å². The number of non-ortho nitro benzene ring substituents is 1. The molecule has 0 heterocycles. The number of nitrogens with zero attached hydrogens (tertiary/aromatic N) is 1. The monoisotopic (exact) mass is 402 g/mol. The molecule has 0 saturated heterocycles.